The van der Waals surface area contributed by atoms with E-state index in [0.29, 0.717) is 31.5 Å². The number of hydrogen-bond donors (Lipinski definition) is 2. The van der Waals surface area contributed by atoms with Gasteiger partial charge in [-0.05, 0) is 37.0 Å². The van der Waals surface area contributed by atoms with Crippen molar-refractivity contribution < 1.29 is 14.7 Å². The minimum atomic E-state index is -0.795. The maximum absolute atomic E-state index is 12.6. The highest BCUT2D eigenvalue weighted by molar-refractivity contribution is 5.96. The second-order valence-electron chi connectivity index (χ2n) is 5.96. The molecule has 1 atom stereocenters. The zero-order valence-electron chi connectivity index (χ0n) is 12.2. The van der Waals surface area contributed by atoms with Gasteiger partial charge in [0.15, 0.2) is 0 Å². The average molecular weight is 288 g/mol. The van der Waals surface area contributed by atoms with Crippen molar-refractivity contribution in [2.45, 2.75) is 26.2 Å². The van der Waals surface area contributed by atoms with Crippen LogP contribution in [-0.2, 0) is 11.2 Å². The number of fused-ring (bicyclic) bond motifs is 1. The van der Waals surface area contributed by atoms with E-state index in [-0.39, 0.29) is 5.91 Å². The molecular weight excluding hydrogens is 268 g/mol. The minimum absolute atomic E-state index is 0.0666. The number of benzene rings is 1. The zero-order valence-corrected chi connectivity index (χ0v) is 12.2. The molecule has 21 heavy (non-hydrogen) atoms. The van der Waals surface area contributed by atoms with Crippen molar-refractivity contribution in [3.63, 3.8) is 0 Å². The maximum Gasteiger partial charge on any atom is 0.311 e. The highest BCUT2D eigenvalue weighted by Crippen LogP contribution is 2.35. The van der Waals surface area contributed by atoms with Crippen LogP contribution in [-0.4, -0.2) is 41.5 Å². The number of carboxylic acids is 1. The molecule has 2 N–H and O–H groups in total. The third-order valence-electron chi connectivity index (χ3n) is 4.84. The van der Waals surface area contributed by atoms with Crippen molar-refractivity contribution in [3.8, 4) is 0 Å². The van der Waals surface area contributed by atoms with Crippen LogP contribution in [0.3, 0.4) is 0 Å². The highest BCUT2D eigenvalue weighted by Gasteiger charge is 2.44. The summed E-state index contributed by atoms with van der Waals surface area (Å²) >= 11 is 0. The Labute approximate surface area is 123 Å². The lowest BCUT2D eigenvalue weighted by Gasteiger charge is -2.23. The predicted molar refractivity (Wildman–Crippen MR) is 79.5 cm³/mol. The van der Waals surface area contributed by atoms with E-state index in [1.165, 1.54) is 5.56 Å². The van der Waals surface area contributed by atoms with Gasteiger partial charge in [-0.2, -0.15) is 0 Å². The van der Waals surface area contributed by atoms with Crippen molar-refractivity contribution in [1.29, 1.82) is 0 Å². The van der Waals surface area contributed by atoms with Crippen LogP contribution >= 0.6 is 0 Å². The Morgan fingerprint density at radius 3 is 2.90 bits per heavy atom. The summed E-state index contributed by atoms with van der Waals surface area (Å²) in [5.74, 6) is -0.862. The first-order chi connectivity index (χ1) is 10.1. The van der Waals surface area contributed by atoms with Crippen molar-refractivity contribution in [2.75, 3.05) is 25.0 Å². The summed E-state index contributed by atoms with van der Waals surface area (Å²) in [6.07, 6.45) is 2.08. The van der Waals surface area contributed by atoms with E-state index < -0.39 is 11.4 Å². The van der Waals surface area contributed by atoms with Crippen molar-refractivity contribution in [1.82, 2.24) is 4.90 Å². The average Bonchev–Trinajstić information content (AvgIpc) is 3.13. The van der Waals surface area contributed by atoms with Gasteiger partial charge in [-0.15, -0.1) is 0 Å². The summed E-state index contributed by atoms with van der Waals surface area (Å²) in [7, 11) is 0. The van der Waals surface area contributed by atoms with Crippen LogP contribution in [0.25, 0.3) is 0 Å². The van der Waals surface area contributed by atoms with Gasteiger partial charge in [0, 0.05) is 30.9 Å². The second-order valence-corrected chi connectivity index (χ2v) is 5.96. The summed E-state index contributed by atoms with van der Waals surface area (Å²) in [4.78, 5) is 25.7. The van der Waals surface area contributed by atoms with Gasteiger partial charge in [0.05, 0.1) is 5.41 Å². The molecule has 0 radical (unpaired) electrons. The number of carboxylic acid groups (broad SMARTS) is 1. The lowest BCUT2D eigenvalue weighted by Crippen LogP contribution is -2.36. The van der Waals surface area contributed by atoms with Crippen LogP contribution in [0.15, 0.2) is 18.2 Å². The lowest BCUT2D eigenvalue weighted by atomic mass is 9.84. The van der Waals surface area contributed by atoms with E-state index in [1.807, 2.05) is 25.1 Å². The third-order valence-corrected chi connectivity index (χ3v) is 4.84. The van der Waals surface area contributed by atoms with Gasteiger partial charge >= 0.3 is 5.97 Å². The van der Waals surface area contributed by atoms with Gasteiger partial charge in [-0.1, -0.05) is 13.0 Å². The number of nitrogens with one attached hydrogen (secondary N) is 1. The van der Waals surface area contributed by atoms with E-state index in [1.54, 1.807) is 4.90 Å². The molecule has 1 unspecified atom stereocenters. The molecule has 0 aromatic heterocycles. The van der Waals surface area contributed by atoms with Gasteiger partial charge in [0.2, 0.25) is 0 Å². The molecule has 0 saturated carbocycles. The molecule has 1 amide bonds. The molecule has 5 heteroatoms. The molecule has 1 saturated heterocycles. The van der Waals surface area contributed by atoms with E-state index in [0.717, 1.165) is 18.7 Å². The Balaban J connectivity index is 1.79. The molecule has 0 spiro atoms. The molecule has 0 aliphatic carbocycles. The Bertz CT molecular complexity index is 599. The van der Waals surface area contributed by atoms with Gasteiger partial charge in [0.1, 0.15) is 0 Å². The first kappa shape index (κ1) is 13.9. The molecule has 1 aromatic rings. The number of amides is 1. The molecule has 1 aromatic carbocycles. The van der Waals surface area contributed by atoms with Crippen LogP contribution in [0.1, 0.15) is 35.7 Å². The first-order valence-corrected chi connectivity index (χ1v) is 7.45. The normalized spacial score (nSPS) is 23.8. The largest absolute Gasteiger partial charge is 0.481 e. The number of carbonyl (C=O) groups excluding carboxylic acids is 1. The molecule has 1 fully saturated rings. The molecule has 2 heterocycles. The van der Waals surface area contributed by atoms with Gasteiger partial charge in [-0.3, -0.25) is 9.59 Å². The smallest absolute Gasteiger partial charge is 0.311 e. The number of rotatable bonds is 3. The maximum atomic E-state index is 12.6. The van der Waals surface area contributed by atoms with Crippen LogP contribution in [0.5, 0.6) is 0 Å². The molecule has 0 bridgehead atoms. The zero-order chi connectivity index (χ0) is 15.0. The SMILES string of the molecule is CCC1(C(=O)O)CCN(C(=O)c2ccc3c(c2)NCC3)C1. The third kappa shape index (κ3) is 2.26. The van der Waals surface area contributed by atoms with Crippen LogP contribution in [0.2, 0.25) is 0 Å². The minimum Gasteiger partial charge on any atom is -0.481 e. The number of hydrogen-bond acceptors (Lipinski definition) is 3. The number of aliphatic carboxylic acids is 1. The van der Waals surface area contributed by atoms with Gasteiger partial charge in [0.25, 0.3) is 5.91 Å². The summed E-state index contributed by atoms with van der Waals surface area (Å²) in [5, 5.41) is 12.7. The van der Waals surface area contributed by atoms with E-state index in [2.05, 4.69) is 5.32 Å². The fourth-order valence-electron chi connectivity index (χ4n) is 3.27. The Kier molecular flexibility index (Phi) is 3.35. The molecule has 2 aliphatic heterocycles. The summed E-state index contributed by atoms with van der Waals surface area (Å²) < 4.78 is 0. The van der Waals surface area contributed by atoms with Crippen molar-refractivity contribution in [3.05, 3.63) is 29.3 Å². The second kappa shape index (κ2) is 5.06. The van der Waals surface area contributed by atoms with Crippen LogP contribution in [0, 0.1) is 5.41 Å². The summed E-state index contributed by atoms with van der Waals surface area (Å²) in [6.45, 7) is 3.61. The summed E-state index contributed by atoms with van der Waals surface area (Å²) in [6, 6.07) is 5.72. The predicted octanol–water partition coefficient (Wildman–Crippen LogP) is 1.98. The molecular formula is C16H20N2O3. The monoisotopic (exact) mass is 288 g/mol. The number of carbonyl (C=O) groups is 2. The van der Waals surface area contributed by atoms with Crippen molar-refractivity contribution in [2.24, 2.45) is 5.41 Å². The highest BCUT2D eigenvalue weighted by atomic mass is 16.4. The Morgan fingerprint density at radius 1 is 1.43 bits per heavy atom. The van der Waals surface area contributed by atoms with E-state index >= 15 is 0 Å². The summed E-state index contributed by atoms with van der Waals surface area (Å²) in [5.41, 5.74) is 2.13. The quantitative estimate of drug-likeness (QED) is 0.892. The van der Waals surface area contributed by atoms with Crippen LogP contribution < -0.4 is 5.32 Å². The van der Waals surface area contributed by atoms with Crippen molar-refractivity contribution >= 4 is 17.6 Å². The number of nitrogens with zero attached hydrogens (tertiary/aromatic N) is 1. The molecule has 112 valence electrons. The fourth-order valence-corrected chi connectivity index (χ4v) is 3.27. The Morgan fingerprint density at radius 2 is 2.24 bits per heavy atom. The standard InChI is InChI=1S/C16H20N2O3/c1-2-16(15(20)21)6-8-18(10-16)14(19)12-4-3-11-5-7-17-13(11)9-12/h3-4,9,17H,2,5-8,10H2,1H3,(H,20,21). The first-order valence-electron chi connectivity index (χ1n) is 7.45. The fraction of sp³-hybridized carbons (Fsp3) is 0.500. The Hall–Kier alpha value is -2.04. The molecule has 3 rings (SSSR count). The van der Waals surface area contributed by atoms with Gasteiger partial charge in [-0.25, -0.2) is 0 Å². The number of anilines is 1. The lowest BCUT2D eigenvalue weighted by molar-refractivity contribution is -0.148. The topological polar surface area (TPSA) is 69.6 Å². The van der Waals surface area contributed by atoms with E-state index in [4.69, 9.17) is 0 Å². The van der Waals surface area contributed by atoms with Crippen LogP contribution in [0.4, 0.5) is 5.69 Å². The molecule has 2 aliphatic rings. The molecule has 5 nitrogen and oxygen atoms in total. The van der Waals surface area contributed by atoms with E-state index in [9.17, 15) is 14.7 Å². The number of likely N-dealkylation sites (tertiary alicyclic amines) is 1. The van der Waals surface area contributed by atoms with Gasteiger partial charge < -0.3 is 15.3 Å².